The van der Waals surface area contributed by atoms with Gasteiger partial charge in [-0.25, -0.2) is 0 Å². The lowest BCUT2D eigenvalue weighted by atomic mass is 10.3. The Morgan fingerprint density at radius 2 is 2.38 bits per heavy atom. The summed E-state index contributed by atoms with van der Waals surface area (Å²) in [5.74, 6) is 0. The molecule has 0 unspecified atom stereocenters. The fourth-order valence-corrected chi connectivity index (χ4v) is 2.20. The molecule has 0 saturated carbocycles. The topological polar surface area (TPSA) is 54.7 Å². The van der Waals surface area contributed by atoms with Gasteiger partial charge in [0.15, 0.2) is 0 Å². The lowest BCUT2D eigenvalue weighted by molar-refractivity contribution is 0.989. The Balaban J connectivity index is 2.23. The Hall–Kier alpha value is -1.13. The standard InChI is InChI=1S/C9H11N3S/c10-4-3-8-1-2-9(13-8)7-5-11-12-6-7/h1-2,5-6H,3-4,10H2,(H,11,12). The minimum atomic E-state index is 0.714. The third kappa shape index (κ3) is 1.79. The molecule has 0 bridgehead atoms. The van der Waals surface area contributed by atoms with E-state index in [0.717, 1.165) is 12.0 Å². The summed E-state index contributed by atoms with van der Waals surface area (Å²) in [6.45, 7) is 0.714. The molecule has 0 aromatic carbocycles. The van der Waals surface area contributed by atoms with Crippen LogP contribution in [0.5, 0.6) is 0 Å². The van der Waals surface area contributed by atoms with Gasteiger partial charge < -0.3 is 5.73 Å². The van der Waals surface area contributed by atoms with Crippen molar-refractivity contribution in [1.29, 1.82) is 0 Å². The third-order valence-electron chi connectivity index (χ3n) is 1.84. The third-order valence-corrected chi connectivity index (χ3v) is 3.03. The van der Waals surface area contributed by atoms with Crippen LogP contribution in [-0.2, 0) is 6.42 Å². The number of nitrogens with one attached hydrogen (secondary N) is 1. The molecule has 0 spiro atoms. The van der Waals surface area contributed by atoms with Gasteiger partial charge in [-0.15, -0.1) is 11.3 Å². The molecule has 0 aliphatic carbocycles. The summed E-state index contributed by atoms with van der Waals surface area (Å²) >= 11 is 1.78. The van der Waals surface area contributed by atoms with E-state index in [1.54, 1.807) is 11.3 Å². The van der Waals surface area contributed by atoms with Crippen molar-refractivity contribution in [3.05, 3.63) is 29.4 Å². The zero-order valence-electron chi connectivity index (χ0n) is 7.16. The number of nitrogens with two attached hydrogens (primary N) is 1. The molecule has 4 heteroatoms. The van der Waals surface area contributed by atoms with Gasteiger partial charge in [-0.2, -0.15) is 5.10 Å². The fourth-order valence-electron chi connectivity index (χ4n) is 1.20. The van der Waals surface area contributed by atoms with Gasteiger partial charge in [0.1, 0.15) is 0 Å². The Kier molecular flexibility index (Phi) is 2.42. The molecule has 2 heterocycles. The van der Waals surface area contributed by atoms with Crippen LogP contribution in [0.3, 0.4) is 0 Å². The van der Waals surface area contributed by atoms with E-state index < -0.39 is 0 Å². The monoisotopic (exact) mass is 193 g/mol. The molecular weight excluding hydrogens is 182 g/mol. The van der Waals surface area contributed by atoms with Crippen molar-refractivity contribution in [2.75, 3.05) is 6.54 Å². The number of aromatic amines is 1. The zero-order chi connectivity index (χ0) is 9.10. The number of hydrogen-bond donors (Lipinski definition) is 2. The summed E-state index contributed by atoms with van der Waals surface area (Å²) in [5, 5.41) is 6.71. The van der Waals surface area contributed by atoms with Gasteiger partial charge in [0.25, 0.3) is 0 Å². The average Bonchev–Trinajstić information content (AvgIpc) is 2.70. The number of aromatic nitrogens is 2. The van der Waals surface area contributed by atoms with Crippen LogP contribution in [0, 0.1) is 0 Å². The predicted octanol–water partition coefficient (Wildman–Crippen LogP) is 1.64. The van der Waals surface area contributed by atoms with Crippen LogP contribution >= 0.6 is 11.3 Å². The molecule has 0 amide bonds. The molecule has 2 aromatic heterocycles. The molecule has 0 fully saturated rings. The first-order chi connectivity index (χ1) is 6.40. The van der Waals surface area contributed by atoms with Gasteiger partial charge in [-0.05, 0) is 25.1 Å². The van der Waals surface area contributed by atoms with E-state index in [-0.39, 0.29) is 0 Å². The highest BCUT2D eigenvalue weighted by Crippen LogP contribution is 2.27. The molecule has 68 valence electrons. The molecule has 0 saturated heterocycles. The van der Waals surface area contributed by atoms with E-state index in [1.807, 2.05) is 12.4 Å². The normalized spacial score (nSPS) is 10.5. The van der Waals surface area contributed by atoms with Gasteiger partial charge in [-0.3, -0.25) is 5.10 Å². The lowest BCUT2D eigenvalue weighted by Crippen LogP contribution is -2.00. The minimum absolute atomic E-state index is 0.714. The Bertz CT molecular complexity index is 364. The molecular formula is C9H11N3S. The Morgan fingerprint density at radius 3 is 3.08 bits per heavy atom. The second-order valence-electron chi connectivity index (χ2n) is 2.79. The molecule has 0 radical (unpaired) electrons. The van der Waals surface area contributed by atoms with Crippen molar-refractivity contribution in [3.63, 3.8) is 0 Å². The molecule has 2 aromatic rings. The maximum absolute atomic E-state index is 5.48. The van der Waals surface area contributed by atoms with Crippen LogP contribution in [0.2, 0.25) is 0 Å². The maximum Gasteiger partial charge on any atom is 0.0573 e. The van der Waals surface area contributed by atoms with E-state index in [0.29, 0.717) is 6.54 Å². The number of nitrogens with zero attached hydrogens (tertiary/aromatic N) is 1. The maximum atomic E-state index is 5.48. The van der Waals surface area contributed by atoms with E-state index >= 15 is 0 Å². The van der Waals surface area contributed by atoms with Crippen LogP contribution in [-0.4, -0.2) is 16.7 Å². The molecule has 0 aliphatic heterocycles. The second-order valence-corrected chi connectivity index (χ2v) is 3.96. The van der Waals surface area contributed by atoms with Gasteiger partial charge >= 0.3 is 0 Å². The smallest absolute Gasteiger partial charge is 0.0573 e. The zero-order valence-corrected chi connectivity index (χ0v) is 7.97. The summed E-state index contributed by atoms with van der Waals surface area (Å²) < 4.78 is 0. The van der Waals surface area contributed by atoms with Crippen molar-refractivity contribution < 1.29 is 0 Å². The number of rotatable bonds is 3. The highest BCUT2D eigenvalue weighted by atomic mass is 32.1. The number of H-pyrrole nitrogens is 1. The highest BCUT2D eigenvalue weighted by Gasteiger charge is 2.02. The minimum Gasteiger partial charge on any atom is -0.330 e. The molecule has 0 aliphatic rings. The fraction of sp³-hybridized carbons (Fsp3) is 0.222. The van der Waals surface area contributed by atoms with Crippen LogP contribution in [0.4, 0.5) is 0 Å². The number of hydrogen-bond acceptors (Lipinski definition) is 3. The summed E-state index contributed by atoms with van der Waals surface area (Å²) in [4.78, 5) is 2.58. The van der Waals surface area contributed by atoms with Crippen LogP contribution in [0.25, 0.3) is 10.4 Å². The van der Waals surface area contributed by atoms with Crippen LogP contribution in [0.1, 0.15) is 4.88 Å². The summed E-state index contributed by atoms with van der Waals surface area (Å²) in [6.07, 6.45) is 4.69. The second kappa shape index (κ2) is 3.72. The first kappa shape index (κ1) is 8.47. The van der Waals surface area contributed by atoms with Crippen molar-refractivity contribution in [2.24, 2.45) is 5.73 Å². The van der Waals surface area contributed by atoms with Crippen molar-refractivity contribution >= 4 is 11.3 Å². The summed E-state index contributed by atoms with van der Waals surface area (Å²) in [5.41, 5.74) is 6.62. The van der Waals surface area contributed by atoms with E-state index in [1.165, 1.54) is 9.75 Å². The van der Waals surface area contributed by atoms with Gasteiger partial charge in [0.05, 0.1) is 6.20 Å². The van der Waals surface area contributed by atoms with Crippen LogP contribution < -0.4 is 5.73 Å². The molecule has 2 rings (SSSR count). The molecule has 3 nitrogen and oxygen atoms in total. The highest BCUT2D eigenvalue weighted by molar-refractivity contribution is 7.15. The van der Waals surface area contributed by atoms with Gasteiger partial charge in [0.2, 0.25) is 0 Å². The van der Waals surface area contributed by atoms with Crippen molar-refractivity contribution in [3.8, 4) is 10.4 Å². The summed E-state index contributed by atoms with van der Waals surface area (Å²) in [7, 11) is 0. The SMILES string of the molecule is NCCc1ccc(-c2cn[nH]c2)s1. The van der Waals surface area contributed by atoms with E-state index in [2.05, 4.69) is 22.3 Å². The number of thiophene rings is 1. The largest absolute Gasteiger partial charge is 0.330 e. The first-order valence-electron chi connectivity index (χ1n) is 4.18. The van der Waals surface area contributed by atoms with Crippen molar-refractivity contribution in [2.45, 2.75) is 6.42 Å². The van der Waals surface area contributed by atoms with Gasteiger partial charge in [-0.1, -0.05) is 0 Å². The van der Waals surface area contributed by atoms with E-state index in [9.17, 15) is 0 Å². The Morgan fingerprint density at radius 1 is 1.46 bits per heavy atom. The van der Waals surface area contributed by atoms with E-state index in [4.69, 9.17) is 5.73 Å². The van der Waals surface area contributed by atoms with Gasteiger partial charge in [0, 0.05) is 21.5 Å². The average molecular weight is 193 g/mol. The molecule has 3 N–H and O–H groups in total. The predicted molar refractivity (Wildman–Crippen MR) is 54.7 cm³/mol. The quantitative estimate of drug-likeness (QED) is 0.778. The first-order valence-corrected chi connectivity index (χ1v) is 5.00. The lowest BCUT2D eigenvalue weighted by Gasteiger charge is -1.89. The Labute approximate surface area is 80.6 Å². The molecule has 13 heavy (non-hydrogen) atoms. The summed E-state index contributed by atoms with van der Waals surface area (Å²) in [6, 6.07) is 4.24. The molecule has 0 atom stereocenters. The van der Waals surface area contributed by atoms with Crippen LogP contribution in [0.15, 0.2) is 24.5 Å². The van der Waals surface area contributed by atoms with Crippen molar-refractivity contribution in [1.82, 2.24) is 10.2 Å².